The predicted octanol–water partition coefficient (Wildman–Crippen LogP) is 4.02. The van der Waals surface area contributed by atoms with Crippen molar-refractivity contribution in [3.05, 3.63) is 52.2 Å². The lowest BCUT2D eigenvalue weighted by Crippen LogP contribution is -2.42. The molecule has 2 fully saturated rings. The van der Waals surface area contributed by atoms with Crippen LogP contribution >= 0.6 is 11.3 Å². The van der Waals surface area contributed by atoms with Gasteiger partial charge in [-0.25, -0.2) is 13.1 Å². The third kappa shape index (κ3) is 3.88. The number of carbonyl (C=O) groups is 1. The minimum Gasteiger partial charge on any atom is -0.333 e. The number of amides is 1. The molecule has 2 aliphatic rings. The minimum absolute atomic E-state index is 0.0443. The monoisotopic (exact) mass is 418 g/mol. The SMILES string of the molecule is CC1CC2CCCCC2N1C(=O)c1cccc(S(=O)(=O)NCc2cccs2)c1. The molecule has 1 aliphatic heterocycles. The van der Waals surface area contributed by atoms with Crippen molar-refractivity contribution in [1.29, 1.82) is 0 Å². The second kappa shape index (κ2) is 7.97. The number of nitrogens with one attached hydrogen (secondary N) is 1. The highest BCUT2D eigenvalue weighted by Gasteiger charge is 2.42. The first kappa shape index (κ1) is 19.6. The van der Waals surface area contributed by atoms with Crippen molar-refractivity contribution in [2.75, 3.05) is 0 Å². The molecule has 1 amide bonds. The molecule has 7 heteroatoms. The van der Waals surface area contributed by atoms with E-state index in [-0.39, 0.29) is 23.4 Å². The number of nitrogens with zero attached hydrogens (tertiary/aromatic N) is 1. The minimum atomic E-state index is -3.67. The van der Waals surface area contributed by atoms with Crippen LogP contribution in [0.5, 0.6) is 0 Å². The Morgan fingerprint density at radius 1 is 1.21 bits per heavy atom. The summed E-state index contributed by atoms with van der Waals surface area (Å²) in [5.41, 5.74) is 0.456. The maximum absolute atomic E-state index is 13.2. The van der Waals surface area contributed by atoms with Crippen LogP contribution in [-0.4, -0.2) is 31.3 Å². The predicted molar refractivity (Wildman–Crippen MR) is 111 cm³/mol. The summed E-state index contributed by atoms with van der Waals surface area (Å²) in [6.07, 6.45) is 5.72. The number of rotatable bonds is 5. The van der Waals surface area contributed by atoms with Crippen LogP contribution in [0.2, 0.25) is 0 Å². The van der Waals surface area contributed by atoms with Crippen molar-refractivity contribution < 1.29 is 13.2 Å². The summed E-state index contributed by atoms with van der Waals surface area (Å²) in [6, 6.07) is 10.7. The topological polar surface area (TPSA) is 66.5 Å². The summed E-state index contributed by atoms with van der Waals surface area (Å²) < 4.78 is 28.0. The molecule has 4 rings (SSSR count). The summed E-state index contributed by atoms with van der Waals surface area (Å²) in [4.78, 5) is 16.3. The molecule has 1 aliphatic carbocycles. The Hall–Kier alpha value is -1.70. The Kier molecular flexibility index (Phi) is 5.58. The zero-order valence-electron chi connectivity index (χ0n) is 16.0. The number of likely N-dealkylation sites (tertiary alicyclic amines) is 1. The second-order valence-corrected chi connectivity index (χ2v) is 10.6. The molecule has 0 spiro atoms. The van der Waals surface area contributed by atoms with E-state index in [1.165, 1.54) is 36.7 Å². The van der Waals surface area contributed by atoms with Gasteiger partial charge in [0.1, 0.15) is 0 Å². The van der Waals surface area contributed by atoms with Crippen molar-refractivity contribution in [1.82, 2.24) is 9.62 Å². The highest BCUT2D eigenvalue weighted by atomic mass is 32.2. The fraction of sp³-hybridized carbons (Fsp3) is 0.476. The van der Waals surface area contributed by atoms with Gasteiger partial charge in [-0.1, -0.05) is 25.0 Å². The Morgan fingerprint density at radius 2 is 2.04 bits per heavy atom. The van der Waals surface area contributed by atoms with Gasteiger partial charge in [-0.15, -0.1) is 11.3 Å². The summed E-state index contributed by atoms with van der Waals surface area (Å²) in [5, 5.41) is 1.92. The van der Waals surface area contributed by atoms with Crippen LogP contribution in [0, 0.1) is 5.92 Å². The summed E-state index contributed by atoms with van der Waals surface area (Å²) in [7, 11) is -3.67. The molecule has 5 nitrogen and oxygen atoms in total. The summed E-state index contributed by atoms with van der Waals surface area (Å²) in [6.45, 7) is 2.37. The molecule has 2 aromatic rings. The number of thiophene rings is 1. The molecule has 0 bridgehead atoms. The van der Waals surface area contributed by atoms with E-state index < -0.39 is 10.0 Å². The lowest BCUT2D eigenvalue weighted by molar-refractivity contribution is 0.0633. The molecule has 1 aromatic carbocycles. The van der Waals surface area contributed by atoms with Gasteiger partial charge < -0.3 is 4.90 Å². The fourth-order valence-corrected chi connectivity index (χ4v) is 6.45. The van der Waals surface area contributed by atoms with Crippen molar-refractivity contribution in [2.45, 2.75) is 62.6 Å². The molecule has 0 radical (unpaired) electrons. The molecule has 3 atom stereocenters. The molecule has 2 heterocycles. The van der Waals surface area contributed by atoms with Crippen LogP contribution in [0.15, 0.2) is 46.7 Å². The molecule has 150 valence electrons. The molecular weight excluding hydrogens is 392 g/mol. The molecule has 3 unspecified atom stereocenters. The second-order valence-electron chi connectivity index (χ2n) is 7.84. The lowest BCUT2D eigenvalue weighted by Gasteiger charge is -2.33. The lowest BCUT2D eigenvalue weighted by atomic mass is 9.85. The molecule has 1 aromatic heterocycles. The first-order valence-corrected chi connectivity index (χ1v) is 12.3. The molecule has 1 saturated heterocycles. The van der Waals surface area contributed by atoms with Crippen LogP contribution < -0.4 is 4.72 Å². The molecular formula is C21H26N2O3S2. The van der Waals surface area contributed by atoms with E-state index in [1.807, 2.05) is 22.4 Å². The largest absolute Gasteiger partial charge is 0.333 e. The molecule has 28 heavy (non-hydrogen) atoms. The van der Waals surface area contributed by atoms with Gasteiger partial charge in [-0.3, -0.25) is 4.79 Å². The van der Waals surface area contributed by atoms with Gasteiger partial charge in [0.15, 0.2) is 0 Å². The van der Waals surface area contributed by atoms with E-state index in [4.69, 9.17) is 0 Å². The van der Waals surface area contributed by atoms with Crippen LogP contribution in [0.3, 0.4) is 0 Å². The Labute approximate surface area is 170 Å². The standard InChI is InChI=1S/C21H26N2O3S2/c1-15-12-16-6-2-3-10-20(16)23(15)21(24)17-7-4-9-19(13-17)28(25,26)22-14-18-8-5-11-27-18/h4-5,7-9,11,13,15-16,20,22H,2-3,6,10,12,14H2,1H3. The first-order chi connectivity index (χ1) is 13.5. The quantitative estimate of drug-likeness (QED) is 0.797. The average Bonchev–Trinajstić information content (AvgIpc) is 3.33. The van der Waals surface area contributed by atoms with E-state index >= 15 is 0 Å². The van der Waals surface area contributed by atoms with E-state index in [0.29, 0.717) is 17.5 Å². The van der Waals surface area contributed by atoms with Gasteiger partial charge in [0.25, 0.3) is 5.91 Å². The van der Waals surface area contributed by atoms with Crippen molar-refractivity contribution in [3.63, 3.8) is 0 Å². The van der Waals surface area contributed by atoms with Crippen LogP contribution in [0.25, 0.3) is 0 Å². The summed E-state index contributed by atoms with van der Waals surface area (Å²) >= 11 is 1.51. The van der Waals surface area contributed by atoms with E-state index in [1.54, 1.807) is 18.2 Å². The molecule has 1 saturated carbocycles. The van der Waals surface area contributed by atoms with Gasteiger partial charge in [-0.05, 0) is 61.7 Å². The number of benzene rings is 1. The number of hydrogen-bond donors (Lipinski definition) is 1. The van der Waals surface area contributed by atoms with Gasteiger partial charge in [-0.2, -0.15) is 0 Å². The maximum Gasteiger partial charge on any atom is 0.254 e. The normalized spacial score (nSPS) is 24.9. The van der Waals surface area contributed by atoms with Crippen molar-refractivity contribution in [3.8, 4) is 0 Å². The first-order valence-electron chi connectivity index (χ1n) is 9.90. The number of carbonyl (C=O) groups excluding carboxylic acids is 1. The third-order valence-electron chi connectivity index (χ3n) is 5.99. The van der Waals surface area contributed by atoms with Crippen LogP contribution in [-0.2, 0) is 16.6 Å². The highest BCUT2D eigenvalue weighted by molar-refractivity contribution is 7.89. The van der Waals surface area contributed by atoms with Gasteiger partial charge in [0.2, 0.25) is 10.0 Å². The molecule has 1 N–H and O–H groups in total. The fourth-order valence-electron chi connectivity index (χ4n) is 4.67. The maximum atomic E-state index is 13.2. The van der Waals surface area contributed by atoms with E-state index in [2.05, 4.69) is 11.6 Å². The van der Waals surface area contributed by atoms with Crippen molar-refractivity contribution >= 4 is 27.3 Å². The van der Waals surface area contributed by atoms with Gasteiger partial charge >= 0.3 is 0 Å². The van der Waals surface area contributed by atoms with Gasteiger partial charge in [0, 0.05) is 29.1 Å². The average molecular weight is 419 g/mol. The van der Waals surface area contributed by atoms with Crippen molar-refractivity contribution in [2.24, 2.45) is 5.92 Å². The number of hydrogen-bond acceptors (Lipinski definition) is 4. The Morgan fingerprint density at radius 3 is 2.82 bits per heavy atom. The Bertz CT molecular complexity index is 940. The van der Waals surface area contributed by atoms with E-state index in [0.717, 1.165) is 17.7 Å². The third-order valence-corrected chi connectivity index (χ3v) is 8.26. The van der Waals surface area contributed by atoms with Crippen LogP contribution in [0.4, 0.5) is 0 Å². The Balaban J connectivity index is 1.53. The van der Waals surface area contributed by atoms with E-state index in [9.17, 15) is 13.2 Å². The zero-order valence-corrected chi connectivity index (χ0v) is 17.6. The smallest absolute Gasteiger partial charge is 0.254 e. The van der Waals surface area contributed by atoms with Crippen LogP contribution in [0.1, 0.15) is 54.3 Å². The van der Waals surface area contributed by atoms with Gasteiger partial charge in [0.05, 0.1) is 4.90 Å². The zero-order chi connectivity index (χ0) is 19.7. The highest BCUT2D eigenvalue weighted by Crippen LogP contribution is 2.40. The number of sulfonamides is 1. The number of fused-ring (bicyclic) bond motifs is 1. The summed E-state index contributed by atoms with van der Waals surface area (Å²) in [5.74, 6) is 0.546.